The van der Waals surface area contributed by atoms with E-state index in [1.165, 1.54) is 61.1 Å². The van der Waals surface area contributed by atoms with Gasteiger partial charge in [0, 0.05) is 22.3 Å². The average Bonchev–Trinajstić information content (AvgIpc) is 3.09. The van der Waals surface area contributed by atoms with Gasteiger partial charge in [-0.2, -0.15) is 0 Å². The number of aryl methyl sites for hydroxylation is 1. The normalized spacial score (nSPS) is 21.9. The number of hydrogen-bond acceptors (Lipinski definition) is 2. The van der Waals surface area contributed by atoms with E-state index in [-0.39, 0.29) is 0 Å². The summed E-state index contributed by atoms with van der Waals surface area (Å²) in [6.07, 6.45) is 13.1. The summed E-state index contributed by atoms with van der Waals surface area (Å²) in [5.74, 6) is 1.95. The van der Waals surface area contributed by atoms with Crippen LogP contribution in [0.15, 0.2) is 35.8 Å². The lowest BCUT2D eigenvalue weighted by Crippen LogP contribution is -2.15. The quantitative estimate of drug-likeness (QED) is 0.605. The summed E-state index contributed by atoms with van der Waals surface area (Å²) in [7, 11) is 0. The molecular weight excluding hydrogens is 286 g/mol. The highest BCUT2D eigenvalue weighted by molar-refractivity contribution is 7.13. The third kappa shape index (κ3) is 4.19. The minimum Gasteiger partial charge on any atom is -0.261 e. The topological polar surface area (TPSA) is 12.9 Å². The van der Waals surface area contributed by atoms with Gasteiger partial charge >= 0.3 is 0 Å². The third-order valence-electron chi connectivity index (χ3n) is 5.10. The lowest BCUT2D eigenvalue weighted by atomic mass is 9.78. The molecule has 0 spiro atoms. The first kappa shape index (κ1) is 15.7. The predicted molar refractivity (Wildman–Crippen MR) is 96.2 cm³/mol. The van der Waals surface area contributed by atoms with Crippen molar-refractivity contribution in [2.45, 2.75) is 58.3 Å². The Labute approximate surface area is 138 Å². The van der Waals surface area contributed by atoms with E-state index in [1.807, 2.05) is 6.20 Å². The molecule has 0 radical (unpaired) electrons. The summed E-state index contributed by atoms with van der Waals surface area (Å²) >= 11 is 1.78. The highest BCUT2D eigenvalue weighted by Crippen LogP contribution is 2.33. The van der Waals surface area contributed by atoms with Crippen LogP contribution in [0.2, 0.25) is 0 Å². The zero-order valence-electron chi connectivity index (χ0n) is 13.6. The molecule has 0 bridgehead atoms. The van der Waals surface area contributed by atoms with Crippen LogP contribution in [-0.4, -0.2) is 4.98 Å². The smallest absolute Gasteiger partial charge is 0.0404 e. The van der Waals surface area contributed by atoms with Crippen molar-refractivity contribution in [3.8, 4) is 10.4 Å². The Hall–Kier alpha value is -1.15. The van der Waals surface area contributed by atoms with Crippen molar-refractivity contribution >= 4 is 11.3 Å². The van der Waals surface area contributed by atoms with Gasteiger partial charge in [0.2, 0.25) is 0 Å². The van der Waals surface area contributed by atoms with Gasteiger partial charge in [0.25, 0.3) is 0 Å². The Kier molecular flexibility index (Phi) is 5.66. The Morgan fingerprint density at radius 3 is 2.41 bits per heavy atom. The van der Waals surface area contributed by atoms with Crippen LogP contribution in [-0.2, 0) is 6.42 Å². The first-order valence-electron chi connectivity index (χ1n) is 8.84. The lowest BCUT2D eigenvalue weighted by Gasteiger charge is -2.28. The molecule has 0 aliphatic heterocycles. The fourth-order valence-corrected chi connectivity index (χ4v) is 4.45. The molecule has 1 aliphatic carbocycles. The maximum absolute atomic E-state index is 4.67. The molecule has 118 valence electrons. The molecule has 2 heterocycles. The molecule has 1 aliphatic rings. The Bertz CT molecular complexity index is 536. The van der Waals surface area contributed by atoms with Crippen LogP contribution in [0.4, 0.5) is 0 Å². The first-order valence-corrected chi connectivity index (χ1v) is 9.72. The van der Waals surface area contributed by atoms with Gasteiger partial charge in [0.05, 0.1) is 0 Å². The molecule has 0 aromatic carbocycles. The molecule has 2 aromatic rings. The molecule has 1 saturated carbocycles. The van der Waals surface area contributed by atoms with E-state index in [9.17, 15) is 0 Å². The van der Waals surface area contributed by atoms with Crippen molar-refractivity contribution < 1.29 is 0 Å². The third-order valence-corrected chi connectivity index (χ3v) is 6.02. The molecule has 0 amide bonds. The summed E-state index contributed by atoms with van der Waals surface area (Å²) in [5, 5.41) is 2.12. The van der Waals surface area contributed by atoms with E-state index in [2.05, 4.69) is 41.6 Å². The van der Waals surface area contributed by atoms with E-state index in [0.29, 0.717) is 0 Å². The molecule has 22 heavy (non-hydrogen) atoms. The molecule has 1 nitrogen and oxygen atoms in total. The van der Waals surface area contributed by atoms with Crippen LogP contribution in [0.1, 0.15) is 57.6 Å². The molecule has 0 saturated heterocycles. The maximum Gasteiger partial charge on any atom is 0.0404 e. The molecule has 3 rings (SSSR count). The first-order chi connectivity index (χ1) is 10.8. The molecule has 2 heteroatoms. The zero-order chi connectivity index (χ0) is 15.2. The van der Waals surface area contributed by atoms with Crippen molar-refractivity contribution in [1.29, 1.82) is 0 Å². The number of thiophene rings is 1. The van der Waals surface area contributed by atoms with Crippen molar-refractivity contribution in [1.82, 2.24) is 4.98 Å². The second kappa shape index (κ2) is 7.92. The van der Waals surface area contributed by atoms with E-state index < -0.39 is 0 Å². The summed E-state index contributed by atoms with van der Waals surface area (Å²) in [5.41, 5.74) is 2.51. The summed E-state index contributed by atoms with van der Waals surface area (Å²) in [4.78, 5) is 5.98. The summed E-state index contributed by atoms with van der Waals surface area (Å²) < 4.78 is 0. The van der Waals surface area contributed by atoms with E-state index >= 15 is 0 Å². The van der Waals surface area contributed by atoms with Gasteiger partial charge in [-0.3, -0.25) is 4.98 Å². The molecule has 2 aromatic heterocycles. The van der Waals surface area contributed by atoms with Crippen molar-refractivity contribution in [2.75, 3.05) is 0 Å². The molecule has 0 N–H and O–H groups in total. The fraction of sp³-hybridized carbons (Fsp3) is 0.550. The van der Waals surface area contributed by atoms with Gasteiger partial charge in [0.15, 0.2) is 0 Å². The SMILES string of the molecule is CCC[C@H]1CC[C@H](CCc2ccc(-c3cccs3)cn2)CC1. The molecule has 0 atom stereocenters. The molecule has 1 fully saturated rings. The standard InChI is InChI=1S/C20H27NS/c1-2-4-16-6-8-17(9-7-16)10-12-19-13-11-18(15-21-19)20-5-3-14-22-20/h3,5,11,13-17H,2,4,6-10,12H2,1H3/t16-,17-. The second-order valence-corrected chi connectivity index (χ2v) is 7.68. The van der Waals surface area contributed by atoms with Crippen molar-refractivity contribution in [3.05, 3.63) is 41.5 Å². The minimum atomic E-state index is 0.937. The summed E-state index contributed by atoms with van der Waals surface area (Å²) in [6.45, 7) is 2.32. The van der Waals surface area contributed by atoms with Gasteiger partial charge in [-0.15, -0.1) is 11.3 Å². The highest BCUT2D eigenvalue weighted by Gasteiger charge is 2.20. The minimum absolute atomic E-state index is 0.937. The molecular formula is C20H27NS. The number of pyridine rings is 1. The van der Waals surface area contributed by atoms with Crippen LogP contribution in [0.25, 0.3) is 10.4 Å². The van der Waals surface area contributed by atoms with Crippen LogP contribution in [0.5, 0.6) is 0 Å². The zero-order valence-corrected chi connectivity index (χ0v) is 14.4. The molecule has 0 unspecified atom stereocenters. The largest absolute Gasteiger partial charge is 0.261 e. The second-order valence-electron chi connectivity index (χ2n) is 6.73. The Morgan fingerprint density at radius 1 is 1.05 bits per heavy atom. The predicted octanol–water partition coefficient (Wildman–Crippen LogP) is 6.35. The number of rotatable bonds is 6. The van der Waals surface area contributed by atoms with E-state index in [4.69, 9.17) is 0 Å². The maximum atomic E-state index is 4.67. The van der Waals surface area contributed by atoms with Gasteiger partial charge in [-0.1, -0.05) is 57.6 Å². The number of aromatic nitrogens is 1. The van der Waals surface area contributed by atoms with Crippen molar-refractivity contribution in [3.63, 3.8) is 0 Å². The van der Waals surface area contributed by atoms with E-state index in [0.717, 1.165) is 18.3 Å². The Morgan fingerprint density at radius 2 is 1.82 bits per heavy atom. The van der Waals surface area contributed by atoms with Gasteiger partial charge in [-0.05, 0) is 42.2 Å². The van der Waals surface area contributed by atoms with Crippen LogP contribution < -0.4 is 0 Å². The number of hydrogen-bond donors (Lipinski definition) is 0. The van der Waals surface area contributed by atoms with Crippen molar-refractivity contribution in [2.24, 2.45) is 11.8 Å². The van der Waals surface area contributed by atoms with Crippen LogP contribution >= 0.6 is 11.3 Å². The monoisotopic (exact) mass is 313 g/mol. The van der Waals surface area contributed by atoms with Crippen LogP contribution in [0, 0.1) is 11.8 Å². The lowest BCUT2D eigenvalue weighted by molar-refractivity contribution is 0.252. The Balaban J connectivity index is 1.46. The highest BCUT2D eigenvalue weighted by atomic mass is 32.1. The van der Waals surface area contributed by atoms with Gasteiger partial charge in [0.1, 0.15) is 0 Å². The van der Waals surface area contributed by atoms with Gasteiger partial charge < -0.3 is 0 Å². The van der Waals surface area contributed by atoms with E-state index in [1.54, 1.807) is 11.3 Å². The summed E-state index contributed by atoms with van der Waals surface area (Å²) in [6, 6.07) is 8.71. The fourth-order valence-electron chi connectivity index (χ4n) is 3.73. The van der Waals surface area contributed by atoms with Crippen LogP contribution in [0.3, 0.4) is 0 Å². The number of nitrogens with zero attached hydrogens (tertiary/aromatic N) is 1. The average molecular weight is 314 g/mol. The van der Waals surface area contributed by atoms with Gasteiger partial charge in [-0.25, -0.2) is 0 Å².